The van der Waals surface area contributed by atoms with Crippen LogP contribution in [0.3, 0.4) is 0 Å². The van der Waals surface area contributed by atoms with Gasteiger partial charge in [-0.25, -0.2) is 9.10 Å². The van der Waals surface area contributed by atoms with E-state index < -0.39 is 57.5 Å². The molecule has 4 fully saturated rings. The molecule has 1 spiro atoms. The summed E-state index contributed by atoms with van der Waals surface area (Å²) >= 11 is 0. The van der Waals surface area contributed by atoms with E-state index in [1.807, 2.05) is 27.7 Å². The van der Waals surface area contributed by atoms with Crippen molar-refractivity contribution < 1.29 is 28.2 Å². The zero-order valence-electron chi connectivity index (χ0n) is 31.2. The van der Waals surface area contributed by atoms with Crippen molar-refractivity contribution in [3.05, 3.63) is 12.7 Å². The first kappa shape index (κ1) is 39.8. The van der Waals surface area contributed by atoms with Gasteiger partial charge in [-0.1, -0.05) is 59.5 Å². The Morgan fingerprint density at radius 2 is 1.68 bits per heavy atom. The number of urea groups is 1. The van der Waals surface area contributed by atoms with E-state index in [2.05, 4.69) is 33.7 Å². The third kappa shape index (κ3) is 9.29. The number of ketones is 1. The summed E-state index contributed by atoms with van der Waals surface area (Å²) in [4.78, 5) is 70.3. The van der Waals surface area contributed by atoms with E-state index in [4.69, 9.17) is 0 Å². The number of fused-ring (bicyclic) bond motifs is 2. The Morgan fingerprint density at radius 1 is 1.02 bits per heavy atom. The second-order valence-corrected chi connectivity index (χ2v) is 19.0. The van der Waals surface area contributed by atoms with Crippen LogP contribution in [-0.2, 0) is 28.9 Å². The first-order valence-corrected chi connectivity index (χ1v) is 20.7. The number of carbonyl (C=O) groups is 5. The number of hydrogen-bond donors (Lipinski definition) is 4. The van der Waals surface area contributed by atoms with Gasteiger partial charge in [-0.15, -0.1) is 6.58 Å². The molecule has 3 saturated carbocycles. The lowest BCUT2D eigenvalue weighted by Crippen LogP contribution is -2.61. The van der Waals surface area contributed by atoms with Gasteiger partial charge in [0.25, 0.3) is 5.91 Å². The average molecular weight is 719 g/mol. The molecule has 4 rings (SSSR count). The van der Waals surface area contributed by atoms with Crippen LogP contribution in [0.15, 0.2) is 12.7 Å². The molecule has 12 nitrogen and oxygen atoms in total. The molecule has 1 heterocycles. The Morgan fingerprint density at radius 3 is 2.24 bits per heavy atom. The van der Waals surface area contributed by atoms with Gasteiger partial charge >= 0.3 is 6.03 Å². The molecule has 4 N–H and O–H groups in total. The van der Waals surface area contributed by atoms with Crippen molar-refractivity contribution in [2.24, 2.45) is 28.6 Å². The van der Waals surface area contributed by atoms with Gasteiger partial charge < -0.3 is 26.2 Å². The molecule has 7 atom stereocenters. The smallest absolute Gasteiger partial charge is 0.315 e. The molecule has 1 saturated heterocycles. The maximum Gasteiger partial charge on any atom is 0.315 e. The molecular formula is C37H62N6O6S. The quantitative estimate of drug-likeness (QED) is 0.116. The predicted molar refractivity (Wildman–Crippen MR) is 198 cm³/mol. The largest absolute Gasteiger partial charge is 0.346 e. The van der Waals surface area contributed by atoms with E-state index in [0.717, 1.165) is 57.8 Å². The van der Waals surface area contributed by atoms with Crippen LogP contribution in [0.4, 0.5) is 4.79 Å². The molecule has 5 amide bonds. The Bertz CT molecular complexity index is 1400. The fourth-order valence-corrected chi connectivity index (χ4v) is 8.91. The molecule has 50 heavy (non-hydrogen) atoms. The van der Waals surface area contributed by atoms with Crippen LogP contribution in [0, 0.1) is 28.6 Å². The minimum atomic E-state index is -2.50. The second kappa shape index (κ2) is 16.2. The van der Waals surface area contributed by atoms with Gasteiger partial charge in [-0.3, -0.25) is 23.4 Å². The van der Waals surface area contributed by atoms with Crippen LogP contribution in [0.5, 0.6) is 0 Å². The Labute approximate surface area is 299 Å². The number of nitrogens with zero attached hydrogens (tertiary/aromatic N) is 2. The third-order valence-electron chi connectivity index (χ3n) is 11.8. The molecule has 0 aromatic carbocycles. The maximum atomic E-state index is 14.8. The lowest BCUT2D eigenvalue weighted by Gasteiger charge is -2.38. The van der Waals surface area contributed by atoms with Crippen molar-refractivity contribution in [3.8, 4) is 0 Å². The summed E-state index contributed by atoms with van der Waals surface area (Å²) < 4.78 is 14.3. The van der Waals surface area contributed by atoms with Crippen LogP contribution in [-0.4, -0.2) is 106 Å². The normalized spacial score (nSPS) is 25.9. The van der Waals surface area contributed by atoms with E-state index in [1.165, 1.54) is 6.08 Å². The van der Waals surface area contributed by atoms with Crippen LogP contribution >= 0.6 is 0 Å². The Kier molecular flexibility index (Phi) is 12.9. The molecule has 1 aliphatic heterocycles. The van der Waals surface area contributed by atoms with Gasteiger partial charge in [0.05, 0.1) is 6.04 Å². The summed E-state index contributed by atoms with van der Waals surface area (Å²) in [6, 6.07) is -3.51. The second-order valence-electron chi connectivity index (χ2n) is 16.5. The van der Waals surface area contributed by atoms with Crippen molar-refractivity contribution in [3.63, 3.8) is 0 Å². The van der Waals surface area contributed by atoms with Crippen molar-refractivity contribution in [2.45, 2.75) is 122 Å². The SMILES string of the molecule is C=CCNC(=O)C(=O)C(CCC)NC(=O)[C@@H]1[C@H]2CCC3(CC3)[C@H]2CN1C(=O)[C@@H](NC(=O)N[C@H](CN(C)S(=C)(C)=O)C(C)(C)C)C1CCCCC1. The van der Waals surface area contributed by atoms with Gasteiger partial charge in [0, 0.05) is 41.6 Å². The van der Waals surface area contributed by atoms with E-state index in [1.54, 1.807) is 22.5 Å². The van der Waals surface area contributed by atoms with E-state index >= 15 is 0 Å². The average Bonchev–Trinajstić information content (AvgIpc) is 3.62. The highest BCUT2D eigenvalue weighted by Crippen LogP contribution is 2.66. The molecule has 0 radical (unpaired) electrons. The Hall–Kier alpha value is -2.93. The number of nitrogens with one attached hydrogen (secondary N) is 4. The number of likely N-dealkylation sites (tertiary alicyclic amines) is 1. The molecule has 13 heteroatoms. The van der Waals surface area contributed by atoms with Crippen LogP contribution in [0.2, 0.25) is 0 Å². The fraction of sp³-hybridized carbons (Fsp3) is 0.784. The monoisotopic (exact) mass is 718 g/mol. The maximum absolute atomic E-state index is 14.8. The molecular weight excluding hydrogens is 657 g/mol. The van der Waals surface area contributed by atoms with Gasteiger partial charge in [0.1, 0.15) is 12.1 Å². The highest BCUT2D eigenvalue weighted by atomic mass is 32.2. The lowest BCUT2D eigenvalue weighted by atomic mass is 9.83. The van der Waals surface area contributed by atoms with E-state index in [9.17, 15) is 28.2 Å². The lowest BCUT2D eigenvalue weighted by molar-refractivity contribution is -0.144. The topological polar surface area (TPSA) is 157 Å². The van der Waals surface area contributed by atoms with Crippen molar-refractivity contribution in [1.82, 2.24) is 30.5 Å². The van der Waals surface area contributed by atoms with Gasteiger partial charge in [0.2, 0.25) is 17.6 Å². The van der Waals surface area contributed by atoms with Crippen molar-refractivity contribution in [2.75, 3.05) is 32.9 Å². The summed E-state index contributed by atoms with van der Waals surface area (Å²) in [5.41, 5.74) is -0.241. The van der Waals surface area contributed by atoms with Crippen LogP contribution in [0.25, 0.3) is 0 Å². The standard InChI is InChI=1S/C37H62N6O6S/c1-9-14-27(31(44)33(46)38-21-10-2)39-32(45)30-25-17-18-37(19-20-37)26(25)22-43(30)34(47)29(24-15-12-11-13-16-24)41-35(48)40-28(36(3,4)5)23-42(6)50(7,8)49/h10,24-30H,2,7,9,11-23H2,1,3-6,8H3,(H,38,46)(H,39,45)(H2,40,41,48)/t25-,26-,27?,28+,29-,30-,50?/m0/s1. The minimum absolute atomic E-state index is 0.0541. The summed E-state index contributed by atoms with van der Waals surface area (Å²) in [6.07, 6.45) is 12.5. The van der Waals surface area contributed by atoms with Crippen molar-refractivity contribution >= 4 is 45.1 Å². The number of carbonyl (C=O) groups excluding carboxylic acids is 5. The predicted octanol–water partition coefficient (Wildman–Crippen LogP) is 3.02. The van der Waals surface area contributed by atoms with Gasteiger partial charge in [-0.2, -0.15) is 0 Å². The van der Waals surface area contributed by atoms with Gasteiger partial charge in [0.15, 0.2) is 0 Å². The number of hydrogen-bond acceptors (Lipinski definition) is 6. The Balaban J connectivity index is 1.60. The molecule has 3 aliphatic carbocycles. The third-order valence-corrected chi connectivity index (χ3v) is 13.3. The molecule has 4 aliphatic rings. The fourth-order valence-electron chi connectivity index (χ4n) is 8.45. The van der Waals surface area contributed by atoms with E-state index in [-0.39, 0.29) is 41.0 Å². The van der Waals surface area contributed by atoms with Gasteiger partial charge in [-0.05, 0) is 86.4 Å². The molecule has 0 aromatic rings. The number of likely N-dealkylation sites (N-methyl/N-ethyl adjacent to an activating group) is 1. The van der Waals surface area contributed by atoms with Crippen LogP contribution in [0.1, 0.15) is 98.3 Å². The summed E-state index contributed by atoms with van der Waals surface area (Å²) in [6.45, 7) is 12.3. The molecule has 2 unspecified atom stereocenters. The van der Waals surface area contributed by atoms with E-state index in [0.29, 0.717) is 25.9 Å². The summed E-state index contributed by atoms with van der Waals surface area (Å²) in [5, 5.41) is 11.5. The van der Waals surface area contributed by atoms with Crippen LogP contribution < -0.4 is 21.3 Å². The first-order valence-electron chi connectivity index (χ1n) is 18.6. The summed E-state index contributed by atoms with van der Waals surface area (Å²) in [7, 11) is -0.778. The minimum Gasteiger partial charge on any atom is -0.346 e. The number of amides is 5. The number of Topliss-reactive ketones (excluding diaryl/α,β-unsaturated/α-hetero) is 1. The zero-order chi connectivity index (χ0) is 37.0. The van der Waals surface area contributed by atoms with Crippen molar-refractivity contribution in [1.29, 1.82) is 0 Å². The molecule has 282 valence electrons. The highest BCUT2D eigenvalue weighted by Gasteiger charge is 2.64. The first-order chi connectivity index (χ1) is 23.4. The summed E-state index contributed by atoms with van der Waals surface area (Å²) in [5.74, 6) is 1.64. The molecule has 0 aromatic heterocycles. The zero-order valence-corrected chi connectivity index (χ0v) is 32.0. The highest BCUT2D eigenvalue weighted by molar-refractivity contribution is 7.97. The number of rotatable bonds is 15. The molecule has 0 bridgehead atoms.